The van der Waals surface area contributed by atoms with E-state index in [9.17, 15) is 0 Å². The largest absolute Gasteiger partial charge is 0.337 e. The van der Waals surface area contributed by atoms with Crippen LogP contribution in [0.15, 0.2) is 23.8 Å². The highest BCUT2D eigenvalue weighted by Gasteiger charge is 2.27. The number of halogens is 2. The van der Waals surface area contributed by atoms with Gasteiger partial charge < -0.3 is 9.88 Å². The summed E-state index contributed by atoms with van der Waals surface area (Å²) in [5.41, 5.74) is 0. The van der Waals surface area contributed by atoms with Crippen LogP contribution in [0, 0.1) is 0 Å². The first-order valence-electron chi connectivity index (χ1n) is 6.39. The molecule has 2 aromatic rings. The van der Waals surface area contributed by atoms with Crippen LogP contribution in [-0.2, 0) is 13.6 Å². The number of rotatable bonds is 3. The monoisotopic (exact) mass is 332 g/mol. The van der Waals surface area contributed by atoms with Gasteiger partial charge in [0.15, 0.2) is 0 Å². The molecule has 0 amide bonds. The third kappa shape index (κ3) is 3.18. The second-order valence-electron chi connectivity index (χ2n) is 4.78. The maximum atomic E-state index is 6.21. The zero-order valence-electron chi connectivity index (χ0n) is 11.3. The van der Waals surface area contributed by atoms with Gasteiger partial charge in [0.1, 0.15) is 5.82 Å². The molecule has 0 spiro atoms. The summed E-state index contributed by atoms with van der Waals surface area (Å²) in [6, 6.07) is 2.28. The van der Waals surface area contributed by atoms with E-state index in [0.29, 0.717) is 6.04 Å². The van der Waals surface area contributed by atoms with Crippen LogP contribution < -0.4 is 5.32 Å². The van der Waals surface area contributed by atoms with Crippen LogP contribution in [0.3, 0.4) is 0 Å². The van der Waals surface area contributed by atoms with Crippen molar-refractivity contribution < 1.29 is 0 Å². The topological polar surface area (TPSA) is 33.1 Å². The molecule has 0 aliphatic carbocycles. The van der Waals surface area contributed by atoms with Crippen molar-refractivity contribution in [3.8, 4) is 0 Å². The number of thiophene rings is 1. The lowest BCUT2D eigenvalue weighted by Crippen LogP contribution is -2.46. The van der Waals surface area contributed by atoms with E-state index in [2.05, 4.69) is 25.1 Å². The molecule has 4 nitrogen and oxygen atoms in total. The molecule has 2 aromatic heterocycles. The first-order chi connectivity index (χ1) is 9.25. The van der Waals surface area contributed by atoms with Crippen molar-refractivity contribution in [2.75, 3.05) is 19.6 Å². The van der Waals surface area contributed by atoms with Gasteiger partial charge in [-0.05, 0) is 11.4 Å². The van der Waals surface area contributed by atoms with Crippen LogP contribution in [0.25, 0.3) is 0 Å². The molecule has 20 heavy (non-hydrogen) atoms. The van der Waals surface area contributed by atoms with Crippen molar-refractivity contribution >= 4 is 35.3 Å². The van der Waals surface area contributed by atoms with Crippen LogP contribution in [0.1, 0.15) is 16.7 Å². The van der Waals surface area contributed by atoms with Crippen molar-refractivity contribution in [2.24, 2.45) is 7.05 Å². The Morgan fingerprint density at radius 2 is 2.40 bits per heavy atom. The van der Waals surface area contributed by atoms with Gasteiger partial charge in [-0.2, -0.15) is 0 Å². The van der Waals surface area contributed by atoms with E-state index in [0.717, 1.165) is 37.0 Å². The molecule has 1 unspecified atom stereocenters. The van der Waals surface area contributed by atoms with E-state index < -0.39 is 0 Å². The van der Waals surface area contributed by atoms with E-state index >= 15 is 0 Å². The van der Waals surface area contributed by atoms with Crippen molar-refractivity contribution in [2.45, 2.75) is 12.6 Å². The predicted octanol–water partition coefficient (Wildman–Crippen LogP) is 2.70. The molecular formula is C13H18Cl2N4S. The SMILES string of the molecule is Cl.Cn1ccnc1C1CNCCN1Cc1sccc1Cl. The van der Waals surface area contributed by atoms with Gasteiger partial charge in [0.25, 0.3) is 0 Å². The molecule has 0 saturated carbocycles. The summed E-state index contributed by atoms with van der Waals surface area (Å²) < 4.78 is 2.10. The molecule has 0 aromatic carbocycles. The third-order valence-corrected chi connectivity index (χ3v) is 4.92. The minimum absolute atomic E-state index is 0. The highest BCUT2D eigenvalue weighted by molar-refractivity contribution is 7.10. The summed E-state index contributed by atoms with van der Waals surface area (Å²) in [6.45, 7) is 3.87. The van der Waals surface area contributed by atoms with Gasteiger partial charge >= 0.3 is 0 Å². The zero-order valence-corrected chi connectivity index (χ0v) is 13.6. The minimum atomic E-state index is 0. The highest BCUT2D eigenvalue weighted by atomic mass is 35.5. The zero-order chi connectivity index (χ0) is 13.2. The van der Waals surface area contributed by atoms with E-state index in [1.807, 2.05) is 25.5 Å². The Morgan fingerprint density at radius 3 is 3.05 bits per heavy atom. The number of aromatic nitrogens is 2. The van der Waals surface area contributed by atoms with Crippen LogP contribution in [-0.4, -0.2) is 34.1 Å². The lowest BCUT2D eigenvalue weighted by molar-refractivity contribution is 0.146. The smallest absolute Gasteiger partial charge is 0.127 e. The molecule has 1 aliphatic rings. The molecular weight excluding hydrogens is 315 g/mol. The van der Waals surface area contributed by atoms with Gasteiger partial charge in [0, 0.05) is 50.5 Å². The molecule has 3 rings (SSSR count). The Morgan fingerprint density at radius 1 is 1.55 bits per heavy atom. The minimum Gasteiger partial charge on any atom is -0.337 e. The molecule has 3 heterocycles. The number of hydrogen-bond donors (Lipinski definition) is 1. The number of nitrogens with zero attached hydrogens (tertiary/aromatic N) is 3. The summed E-state index contributed by atoms with van der Waals surface area (Å²) in [7, 11) is 2.05. The Hall–Kier alpha value is -0.590. The fourth-order valence-corrected chi connectivity index (χ4v) is 3.63. The summed E-state index contributed by atoms with van der Waals surface area (Å²) in [5, 5.41) is 6.38. The van der Waals surface area contributed by atoms with Crippen molar-refractivity contribution in [3.05, 3.63) is 39.6 Å². The van der Waals surface area contributed by atoms with Gasteiger partial charge in [-0.25, -0.2) is 4.98 Å². The quantitative estimate of drug-likeness (QED) is 0.938. The molecule has 1 atom stereocenters. The summed E-state index contributed by atoms with van der Waals surface area (Å²) in [4.78, 5) is 8.19. The number of nitrogens with one attached hydrogen (secondary N) is 1. The number of aryl methyl sites for hydroxylation is 1. The summed E-state index contributed by atoms with van der Waals surface area (Å²) in [6.07, 6.45) is 3.86. The second kappa shape index (κ2) is 6.91. The lowest BCUT2D eigenvalue weighted by atomic mass is 10.1. The van der Waals surface area contributed by atoms with Gasteiger partial charge in [-0.15, -0.1) is 23.7 Å². The number of imidazole rings is 1. The molecule has 1 saturated heterocycles. The Kier molecular flexibility index (Phi) is 5.46. The summed E-state index contributed by atoms with van der Waals surface area (Å²) in [5.74, 6) is 1.11. The predicted molar refractivity (Wildman–Crippen MR) is 85.8 cm³/mol. The normalized spacial score (nSPS) is 19.8. The highest BCUT2D eigenvalue weighted by Crippen LogP contribution is 2.28. The van der Waals surface area contributed by atoms with Crippen LogP contribution in [0.2, 0.25) is 5.02 Å². The fourth-order valence-electron chi connectivity index (χ4n) is 2.51. The standard InChI is InChI=1S/C13H17ClN4S.ClH/c1-17-5-4-16-13(17)11-8-15-3-6-18(11)9-12-10(14)2-7-19-12;/h2,4-5,7,11,15H,3,6,8-9H2,1H3;1H. The Labute approximate surface area is 134 Å². The summed E-state index contributed by atoms with van der Waals surface area (Å²) >= 11 is 7.94. The number of piperazine rings is 1. The van der Waals surface area contributed by atoms with E-state index in [1.54, 1.807) is 11.3 Å². The Balaban J connectivity index is 0.00000147. The molecule has 0 bridgehead atoms. The van der Waals surface area contributed by atoms with Crippen molar-refractivity contribution in [1.29, 1.82) is 0 Å². The van der Waals surface area contributed by atoms with Crippen LogP contribution in [0.4, 0.5) is 0 Å². The van der Waals surface area contributed by atoms with E-state index in [4.69, 9.17) is 11.6 Å². The molecule has 1 N–H and O–H groups in total. The number of hydrogen-bond acceptors (Lipinski definition) is 4. The Bertz CT molecular complexity index is 554. The third-order valence-electron chi connectivity index (χ3n) is 3.55. The lowest BCUT2D eigenvalue weighted by Gasteiger charge is -2.35. The van der Waals surface area contributed by atoms with Crippen LogP contribution >= 0.6 is 35.3 Å². The molecule has 1 fully saturated rings. The van der Waals surface area contributed by atoms with E-state index in [-0.39, 0.29) is 12.4 Å². The molecule has 0 radical (unpaired) electrons. The second-order valence-corrected chi connectivity index (χ2v) is 6.19. The van der Waals surface area contributed by atoms with Gasteiger partial charge in [-0.1, -0.05) is 11.6 Å². The maximum absolute atomic E-state index is 6.21. The first-order valence-corrected chi connectivity index (χ1v) is 7.65. The molecule has 1 aliphatic heterocycles. The average molecular weight is 333 g/mol. The molecule has 7 heteroatoms. The fraction of sp³-hybridized carbons (Fsp3) is 0.462. The van der Waals surface area contributed by atoms with Crippen molar-refractivity contribution in [1.82, 2.24) is 19.8 Å². The maximum Gasteiger partial charge on any atom is 0.127 e. The van der Waals surface area contributed by atoms with Crippen molar-refractivity contribution in [3.63, 3.8) is 0 Å². The first kappa shape index (κ1) is 15.8. The average Bonchev–Trinajstić information content (AvgIpc) is 3.00. The van der Waals surface area contributed by atoms with Crippen LogP contribution in [0.5, 0.6) is 0 Å². The van der Waals surface area contributed by atoms with Gasteiger partial charge in [0.2, 0.25) is 0 Å². The molecule has 110 valence electrons. The van der Waals surface area contributed by atoms with E-state index in [1.165, 1.54) is 4.88 Å². The van der Waals surface area contributed by atoms with Gasteiger partial charge in [0.05, 0.1) is 11.1 Å². The van der Waals surface area contributed by atoms with Gasteiger partial charge in [-0.3, -0.25) is 4.90 Å².